The van der Waals surface area contributed by atoms with Gasteiger partial charge in [0, 0.05) is 18.7 Å². The van der Waals surface area contributed by atoms with Crippen molar-refractivity contribution in [2.75, 3.05) is 6.61 Å². The van der Waals surface area contributed by atoms with Crippen LogP contribution in [0.25, 0.3) is 0 Å². The maximum atomic E-state index is 10.6. The minimum atomic E-state index is -0.558. The summed E-state index contributed by atoms with van der Waals surface area (Å²) in [7, 11) is 0. The Labute approximate surface area is 91.6 Å². The standard InChI is InChI=1S/C9H11ClN2O3/c10-7-2-1-6(8(11)3-4-13)5-9(7)12(14)15/h1-2,5,8,13H,3-4,11H2/t8-/m1/s1. The van der Waals surface area contributed by atoms with Gasteiger partial charge in [-0.15, -0.1) is 0 Å². The number of aliphatic hydroxyl groups is 1. The molecule has 3 N–H and O–H groups in total. The number of rotatable bonds is 4. The molecule has 0 saturated heterocycles. The number of halogens is 1. The van der Waals surface area contributed by atoms with Gasteiger partial charge in [0.25, 0.3) is 5.69 Å². The van der Waals surface area contributed by atoms with Crippen LogP contribution >= 0.6 is 11.6 Å². The van der Waals surface area contributed by atoms with E-state index in [1.165, 1.54) is 12.1 Å². The monoisotopic (exact) mass is 230 g/mol. The molecule has 82 valence electrons. The van der Waals surface area contributed by atoms with Crippen LogP contribution in [0.4, 0.5) is 5.69 Å². The lowest BCUT2D eigenvalue weighted by Crippen LogP contribution is -2.12. The molecule has 1 aromatic carbocycles. The average molecular weight is 231 g/mol. The fraction of sp³-hybridized carbons (Fsp3) is 0.333. The molecule has 0 bridgehead atoms. The van der Waals surface area contributed by atoms with E-state index in [0.29, 0.717) is 12.0 Å². The van der Waals surface area contributed by atoms with E-state index in [-0.39, 0.29) is 17.3 Å². The number of nitrogens with two attached hydrogens (primary N) is 1. The molecule has 15 heavy (non-hydrogen) atoms. The number of hydrogen-bond acceptors (Lipinski definition) is 4. The molecule has 1 atom stereocenters. The predicted molar refractivity (Wildman–Crippen MR) is 56.7 cm³/mol. The van der Waals surface area contributed by atoms with Gasteiger partial charge in [-0.25, -0.2) is 0 Å². The summed E-state index contributed by atoms with van der Waals surface area (Å²) in [6.07, 6.45) is 0.360. The maximum absolute atomic E-state index is 10.6. The molecule has 0 aliphatic carbocycles. The van der Waals surface area contributed by atoms with Crippen LogP contribution in [0.5, 0.6) is 0 Å². The van der Waals surface area contributed by atoms with Crippen molar-refractivity contribution in [2.24, 2.45) is 5.73 Å². The molecule has 0 spiro atoms. The fourth-order valence-corrected chi connectivity index (χ4v) is 1.39. The highest BCUT2D eigenvalue weighted by atomic mass is 35.5. The lowest BCUT2D eigenvalue weighted by Gasteiger charge is -2.09. The third-order valence-corrected chi connectivity index (χ3v) is 2.35. The van der Waals surface area contributed by atoms with Crippen LogP contribution < -0.4 is 5.73 Å². The Balaban J connectivity index is 3.02. The summed E-state index contributed by atoms with van der Waals surface area (Å²) in [5.74, 6) is 0. The third-order valence-electron chi connectivity index (χ3n) is 2.04. The Morgan fingerprint density at radius 1 is 1.60 bits per heavy atom. The first-order valence-electron chi connectivity index (χ1n) is 4.36. The van der Waals surface area contributed by atoms with Gasteiger partial charge in [0.15, 0.2) is 0 Å². The highest BCUT2D eigenvalue weighted by Crippen LogP contribution is 2.27. The third kappa shape index (κ3) is 2.89. The van der Waals surface area contributed by atoms with Gasteiger partial charge in [0.1, 0.15) is 5.02 Å². The van der Waals surface area contributed by atoms with Crippen LogP contribution in [0.2, 0.25) is 5.02 Å². The Morgan fingerprint density at radius 2 is 2.27 bits per heavy atom. The van der Waals surface area contributed by atoms with Crippen molar-refractivity contribution in [1.82, 2.24) is 0 Å². The molecule has 0 unspecified atom stereocenters. The number of benzene rings is 1. The van der Waals surface area contributed by atoms with Crippen molar-refractivity contribution in [3.8, 4) is 0 Å². The summed E-state index contributed by atoms with van der Waals surface area (Å²) in [4.78, 5) is 10.0. The van der Waals surface area contributed by atoms with Crippen LogP contribution in [0, 0.1) is 10.1 Å². The molecule has 0 saturated carbocycles. The number of nitrogens with zero attached hydrogens (tertiary/aromatic N) is 1. The highest BCUT2D eigenvalue weighted by molar-refractivity contribution is 6.32. The Kier molecular flexibility index (Phi) is 4.02. The van der Waals surface area contributed by atoms with E-state index < -0.39 is 11.0 Å². The molecule has 0 radical (unpaired) electrons. The van der Waals surface area contributed by atoms with Gasteiger partial charge in [-0.2, -0.15) is 0 Å². The van der Waals surface area contributed by atoms with Crippen molar-refractivity contribution >= 4 is 17.3 Å². The molecule has 5 nitrogen and oxygen atoms in total. The van der Waals surface area contributed by atoms with E-state index in [1.807, 2.05) is 0 Å². The molecule has 1 rings (SSSR count). The first kappa shape index (κ1) is 11.9. The van der Waals surface area contributed by atoms with Crippen molar-refractivity contribution in [1.29, 1.82) is 0 Å². The smallest absolute Gasteiger partial charge is 0.288 e. The minimum absolute atomic E-state index is 0.0579. The maximum Gasteiger partial charge on any atom is 0.288 e. The van der Waals surface area contributed by atoms with E-state index in [1.54, 1.807) is 6.07 Å². The molecule has 6 heteroatoms. The molecular formula is C9H11ClN2O3. The predicted octanol–water partition coefficient (Wildman–Crippen LogP) is 1.63. The van der Waals surface area contributed by atoms with E-state index in [0.717, 1.165) is 0 Å². The second-order valence-corrected chi connectivity index (χ2v) is 3.49. The minimum Gasteiger partial charge on any atom is -0.396 e. The van der Waals surface area contributed by atoms with E-state index in [4.69, 9.17) is 22.4 Å². The fourth-order valence-electron chi connectivity index (χ4n) is 1.21. The van der Waals surface area contributed by atoms with Gasteiger partial charge in [-0.05, 0) is 18.1 Å². The van der Waals surface area contributed by atoms with Crippen LogP contribution in [-0.4, -0.2) is 16.6 Å². The molecular weight excluding hydrogens is 220 g/mol. The zero-order valence-corrected chi connectivity index (χ0v) is 8.65. The largest absolute Gasteiger partial charge is 0.396 e. The lowest BCUT2D eigenvalue weighted by atomic mass is 10.0. The Hall–Kier alpha value is -1.17. The number of aliphatic hydroxyl groups excluding tert-OH is 1. The zero-order chi connectivity index (χ0) is 11.4. The van der Waals surface area contributed by atoms with E-state index in [2.05, 4.69) is 0 Å². The highest BCUT2D eigenvalue weighted by Gasteiger charge is 2.15. The first-order chi connectivity index (χ1) is 7.06. The lowest BCUT2D eigenvalue weighted by molar-refractivity contribution is -0.384. The van der Waals surface area contributed by atoms with Crippen molar-refractivity contribution in [3.05, 3.63) is 38.9 Å². The van der Waals surface area contributed by atoms with Crippen molar-refractivity contribution < 1.29 is 10.0 Å². The molecule has 0 aliphatic heterocycles. The molecule has 0 aliphatic rings. The molecule has 0 fully saturated rings. The van der Waals surface area contributed by atoms with Crippen LogP contribution in [-0.2, 0) is 0 Å². The normalized spacial score (nSPS) is 12.5. The number of nitro benzene ring substituents is 1. The van der Waals surface area contributed by atoms with Gasteiger partial charge in [0.2, 0.25) is 0 Å². The van der Waals surface area contributed by atoms with Gasteiger partial charge in [-0.1, -0.05) is 17.7 Å². The average Bonchev–Trinajstić information content (AvgIpc) is 2.18. The second kappa shape index (κ2) is 5.06. The summed E-state index contributed by atoms with van der Waals surface area (Å²) in [6, 6.07) is 3.98. The van der Waals surface area contributed by atoms with Crippen LogP contribution in [0.1, 0.15) is 18.0 Å². The first-order valence-corrected chi connectivity index (χ1v) is 4.74. The molecule has 0 aromatic heterocycles. The summed E-state index contributed by atoms with van der Waals surface area (Å²) in [5, 5.41) is 19.4. The van der Waals surface area contributed by atoms with Crippen molar-refractivity contribution in [2.45, 2.75) is 12.5 Å². The number of hydrogen-bond donors (Lipinski definition) is 2. The van der Waals surface area contributed by atoms with Gasteiger partial charge in [0.05, 0.1) is 4.92 Å². The van der Waals surface area contributed by atoms with Crippen LogP contribution in [0.15, 0.2) is 18.2 Å². The van der Waals surface area contributed by atoms with E-state index >= 15 is 0 Å². The molecule has 0 amide bonds. The zero-order valence-electron chi connectivity index (χ0n) is 7.89. The second-order valence-electron chi connectivity index (χ2n) is 3.09. The molecule has 1 aromatic rings. The van der Waals surface area contributed by atoms with Gasteiger partial charge in [-0.3, -0.25) is 10.1 Å². The quantitative estimate of drug-likeness (QED) is 0.608. The summed E-state index contributed by atoms with van der Waals surface area (Å²) in [6.45, 7) is -0.0579. The summed E-state index contributed by atoms with van der Waals surface area (Å²) in [5.41, 5.74) is 6.13. The number of nitro groups is 1. The summed E-state index contributed by atoms with van der Waals surface area (Å²) < 4.78 is 0. The van der Waals surface area contributed by atoms with Crippen LogP contribution in [0.3, 0.4) is 0 Å². The summed E-state index contributed by atoms with van der Waals surface area (Å²) >= 11 is 5.64. The van der Waals surface area contributed by atoms with Crippen molar-refractivity contribution in [3.63, 3.8) is 0 Å². The van der Waals surface area contributed by atoms with Gasteiger partial charge < -0.3 is 10.8 Å². The Bertz CT molecular complexity index is 370. The van der Waals surface area contributed by atoms with E-state index in [9.17, 15) is 10.1 Å². The Morgan fingerprint density at radius 3 is 2.80 bits per heavy atom. The topological polar surface area (TPSA) is 89.4 Å². The van der Waals surface area contributed by atoms with Gasteiger partial charge >= 0.3 is 0 Å². The SMILES string of the molecule is N[C@H](CCO)c1ccc(Cl)c([N+](=O)[O-])c1. The molecule has 0 heterocycles.